The van der Waals surface area contributed by atoms with Crippen LogP contribution in [0.15, 0.2) is 59.5 Å². The zero-order valence-corrected chi connectivity index (χ0v) is 11.1. The molecule has 0 aliphatic heterocycles. The third kappa shape index (κ3) is 2.54. The van der Waals surface area contributed by atoms with Crippen molar-refractivity contribution in [2.45, 2.75) is 10.4 Å². The average Bonchev–Trinajstić information content (AvgIpc) is 2.77. The topological polar surface area (TPSA) is 15.8 Å². The van der Waals surface area contributed by atoms with E-state index in [2.05, 4.69) is 4.98 Å². The van der Waals surface area contributed by atoms with Crippen LogP contribution in [0.1, 0.15) is 0 Å². The molecule has 20 heavy (non-hydrogen) atoms. The molecule has 3 aromatic rings. The number of fused-ring (bicyclic) bond motifs is 1. The molecule has 0 aliphatic rings. The molecule has 102 valence electrons. The normalized spacial score (nSPS) is 11.9. The Morgan fingerprint density at radius 3 is 2.20 bits per heavy atom. The molecule has 0 amide bonds. The fraction of sp³-hybridized carbons (Fsp3) is 0.0667. The van der Waals surface area contributed by atoms with Crippen molar-refractivity contribution in [3.8, 4) is 11.3 Å². The first-order valence-corrected chi connectivity index (χ1v) is 6.78. The summed E-state index contributed by atoms with van der Waals surface area (Å²) in [6.07, 6.45) is 0. The van der Waals surface area contributed by atoms with Crippen LogP contribution in [0, 0.1) is 0 Å². The fourth-order valence-electron chi connectivity index (χ4n) is 2.15. The van der Waals surface area contributed by atoms with Gasteiger partial charge in [0.15, 0.2) is 0 Å². The molecule has 1 aromatic heterocycles. The number of halogens is 3. The van der Waals surface area contributed by atoms with Gasteiger partial charge < -0.3 is 4.98 Å². The molecular weight excluding hydrogens is 283 g/mol. The van der Waals surface area contributed by atoms with E-state index in [1.54, 1.807) is 36.4 Å². The molecule has 0 bridgehead atoms. The van der Waals surface area contributed by atoms with E-state index in [1.807, 2.05) is 18.2 Å². The van der Waals surface area contributed by atoms with E-state index in [0.717, 1.165) is 5.56 Å². The Kier molecular flexibility index (Phi) is 3.22. The highest BCUT2D eigenvalue weighted by Gasteiger charge is 2.32. The van der Waals surface area contributed by atoms with E-state index < -0.39 is 5.51 Å². The zero-order chi connectivity index (χ0) is 14.2. The van der Waals surface area contributed by atoms with Gasteiger partial charge in [-0.25, -0.2) is 0 Å². The number of thioether (sulfide) groups is 1. The summed E-state index contributed by atoms with van der Waals surface area (Å²) in [5, 5.41) is 0.591. The summed E-state index contributed by atoms with van der Waals surface area (Å²) >= 11 is -0.0729. The van der Waals surface area contributed by atoms with Gasteiger partial charge >= 0.3 is 5.51 Å². The van der Waals surface area contributed by atoms with Crippen LogP contribution in [0.25, 0.3) is 22.2 Å². The minimum absolute atomic E-state index is 0.0729. The highest BCUT2D eigenvalue weighted by Crippen LogP contribution is 2.45. The standard InChI is InChI=1S/C15H10F3NS/c16-15(17,18)20-14-11-8-4-5-9-12(11)19-13(14)10-6-2-1-3-7-10/h1-9,19H. The number of benzene rings is 2. The van der Waals surface area contributed by atoms with E-state index in [0.29, 0.717) is 16.6 Å². The Hall–Kier alpha value is -1.88. The molecule has 0 saturated heterocycles. The summed E-state index contributed by atoms with van der Waals surface area (Å²) < 4.78 is 38.4. The first kappa shape index (κ1) is 13.1. The Morgan fingerprint density at radius 2 is 1.50 bits per heavy atom. The van der Waals surface area contributed by atoms with Crippen molar-refractivity contribution in [3.05, 3.63) is 54.6 Å². The van der Waals surface area contributed by atoms with Gasteiger partial charge in [-0.3, -0.25) is 0 Å². The Bertz CT molecular complexity index is 732. The molecule has 0 aliphatic carbocycles. The minimum Gasteiger partial charge on any atom is -0.354 e. The lowest BCUT2D eigenvalue weighted by atomic mass is 10.1. The summed E-state index contributed by atoms with van der Waals surface area (Å²) in [7, 11) is 0. The maximum absolute atomic E-state index is 12.8. The number of nitrogens with one attached hydrogen (secondary N) is 1. The van der Waals surface area contributed by atoms with Crippen LogP contribution >= 0.6 is 11.8 Å². The average molecular weight is 293 g/mol. The van der Waals surface area contributed by atoms with Gasteiger partial charge in [0.1, 0.15) is 0 Å². The van der Waals surface area contributed by atoms with E-state index in [9.17, 15) is 13.2 Å². The van der Waals surface area contributed by atoms with Crippen molar-refractivity contribution < 1.29 is 13.2 Å². The summed E-state index contributed by atoms with van der Waals surface area (Å²) in [6, 6.07) is 16.1. The monoisotopic (exact) mass is 293 g/mol. The number of aromatic nitrogens is 1. The Labute approximate surface area is 117 Å². The van der Waals surface area contributed by atoms with Gasteiger partial charge in [-0.05, 0) is 23.4 Å². The van der Waals surface area contributed by atoms with Gasteiger partial charge in [-0.2, -0.15) is 13.2 Å². The predicted octanol–water partition coefficient (Wildman–Crippen LogP) is 5.45. The second-order valence-electron chi connectivity index (χ2n) is 4.29. The quantitative estimate of drug-likeness (QED) is 0.621. The van der Waals surface area contributed by atoms with Crippen LogP contribution in [0.4, 0.5) is 13.2 Å². The van der Waals surface area contributed by atoms with Crippen molar-refractivity contribution in [2.75, 3.05) is 0 Å². The number of aromatic amines is 1. The molecule has 0 radical (unpaired) electrons. The van der Waals surface area contributed by atoms with E-state index in [1.165, 1.54) is 0 Å². The molecule has 2 aromatic carbocycles. The van der Waals surface area contributed by atoms with Gasteiger partial charge in [0.25, 0.3) is 0 Å². The summed E-state index contributed by atoms with van der Waals surface area (Å²) in [6.45, 7) is 0. The Balaban J connectivity index is 2.23. The minimum atomic E-state index is -4.31. The van der Waals surface area contributed by atoms with E-state index >= 15 is 0 Å². The number of H-pyrrole nitrogens is 1. The second kappa shape index (κ2) is 4.90. The molecule has 1 nitrogen and oxygen atoms in total. The van der Waals surface area contributed by atoms with Crippen molar-refractivity contribution in [2.24, 2.45) is 0 Å². The fourth-order valence-corrected chi connectivity index (χ4v) is 2.94. The number of alkyl halides is 3. The van der Waals surface area contributed by atoms with Crippen LogP contribution in [-0.2, 0) is 0 Å². The second-order valence-corrected chi connectivity index (χ2v) is 5.36. The van der Waals surface area contributed by atoms with Gasteiger partial charge in [-0.15, -0.1) is 0 Å². The van der Waals surface area contributed by atoms with Crippen molar-refractivity contribution in [1.82, 2.24) is 4.98 Å². The first-order chi connectivity index (χ1) is 9.54. The summed E-state index contributed by atoms with van der Waals surface area (Å²) in [5.74, 6) is 0. The molecule has 5 heteroatoms. The first-order valence-electron chi connectivity index (χ1n) is 5.96. The molecule has 1 N–H and O–H groups in total. The van der Waals surface area contributed by atoms with Crippen molar-refractivity contribution in [3.63, 3.8) is 0 Å². The molecule has 1 heterocycles. The van der Waals surface area contributed by atoms with Crippen molar-refractivity contribution in [1.29, 1.82) is 0 Å². The molecule has 0 unspecified atom stereocenters. The van der Waals surface area contributed by atoms with Crippen LogP contribution in [0.5, 0.6) is 0 Å². The molecule has 0 saturated carbocycles. The van der Waals surface area contributed by atoms with Crippen molar-refractivity contribution >= 4 is 22.7 Å². The number of hydrogen-bond donors (Lipinski definition) is 1. The largest absolute Gasteiger partial charge is 0.446 e. The van der Waals surface area contributed by atoms with E-state index in [4.69, 9.17) is 0 Å². The third-order valence-corrected chi connectivity index (χ3v) is 3.80. The molecule has 0 atom stereocenters. The molecule has 3 rings (SSSR count). The van der Waals surface area contributed by atoms with Crippen LogP contribution in [0.3, 0.4) is 0 Å². The number of rotatable bonds is 2. The smallest absolute Gasteiger partial charge is 0.354 e. The predicted molar refractivity (Wildman–Crippen MR) is 75.6 cm³/mol. The number of hydrogen-bond acceptors (Lipinski definition) is 1. The highest BCUT2D eigenvalue weighted by atomic mass is 32.2. The molecule has 0 spiro atoms. The summed E-state index contributed by atoms with van der Waals surface area (Å²) in [4.78, 5) is 3.30. The lowest BCUT2D eigenvalue weighted by Gasteiger charge is -2.07. The third-order valence-electron chi connectivity index (χ3n) is 2.94. The van der Waals surface area contributed by atoms with Gasteiger partial charge in [0.05, 0.1) is 5.69 Å². The lowest BCUT2D eigenvalue weighted by molar-refractivity contribution is -0.0327. The van der Waals surface area contributed by atoms with E-state index in [-0.39, 0.29) is 16.7 Å². The molecule has 0 fully saturated rings. The molecular formula is C15H10F3NS. The van der Waals surface area contributed by atoms with Crippen LogP contribution in [0.2, 0.25) is 0 Å². The van der Waals surface area contributed by atoms with Gasteiger partial charge in [-0.1, -0.05) is 48.5 Å². The van der Waals surface area contributed by atoms with Gasteiger partial charge in [0, 0.05) is 15.8 Å². The lowest BCUT2D eigenvalue weighted by Crippen LogP contribution is -1.99. The van der Waals surface area contributed by atoms with Crippen LogP contribution in [-0.4, -0.2) is 10.5 Å². The maximum Gasteiger partial charge on any atom is 0.446 e. The highest BCUT2D eigenvalue weighted by molar-refractivity contribution is 8.00. The maximum atomic E-state index is 12.8. The van der Waals surface area contributed by atoms with Gasteiger partial charge in [0.2, 0.25) is 0 Å². The SMILES string of the molecule is FC(F)(F)Sc1c(-c2ccccc2)[nH]c2ccccc12. The zero-order valence-electron chi connectivity index (χ0n) is 10.2. The Morgan fingerprint density at radius 1 is 0.850 bits per heavy atom. The summed E-state index contributed by atoms with van der Waals surface area (Å²) in [5.41, 5.74) is -2.35. The number of para-hydroxylation sites is 1. The van der Waals surface area contributed by atoms with Crippen LogP contribution < -0.4 is 0 Å².